The largest absolute Gasteiger partial charge is 0.453 e. The Bertz CT molecular complexity index is 653. The van der Waals surface area contributed by atoms with E-state index in [9.17, 15) is 4.79 Å². The van der Waals surface area contributed by atoms with Crippen LogP contribution in [0.15, 0.2) is 42.5 Å². The van der Waals surface area contributed by atoms with Crippen molar-refractivity contribution in [1.82, 2.24) is 0 Å². The SMILES string of the molecule is COC(=O)Nc1cc(C)ccc1C(N)c1cccc(C)c1. The number of carbonyl (C=O) groups excluding carboxylic acids is 1. The van der Waals surface area contributed by atoms with Gasteiger partial charge in [0.2, 0.25) is 0 Å². The molecule has 1 amide bonds. The molecule has 2 aromatic carbocycles. The number of methoxy groups -OCH3 is 1. The Morgan fingerprint density at radius 3 is 2.52 bits per heavy atom. The summed E-state index contributed by atoms with van der Waals surface area (Å²) in [7, 11) is 1.34. The van der Waals surface area contributed by atoms with Crippen LogP contribution < -0.4 is 11.1 Å². The van der Waals surface area contributed by atoms with Gasteiger partial charge in [-0.15, -0.1) is 0 Å². The highest BCUT2D eigenvalue weighted by molar-refractivity contribution is 5.86. The Hall–Kier alpha value is -2.33. The minimum absolute atomic E-state index is 0.308. The second-order valence-corrected chi connectivity index (χ2v) is 5.10. The molecule has 21 heavy (non-hydrogen) atoms. The number of benzene rings is 2. The number of nitrogens with two attached hydrogens (primary N) is 1. The van der Waals surface area contributed by atoms with E-state index >= 15 is 0 Å². The lowest BCUT2D eigenvalue weighted by atomic mass is 9.96. The van der Waals surface area contributed by atoms with E-state index in [4.69, 9.17) is 5.73 Å². The van der Waals surface area contributed by atoms with Gasteiger partial charge in [-0.25, -0.2) is 4.79 Å². The van der Waals surface area contributed by atoms with Crippen LogP contribution in [-0.2, 0) is 4.74 Å². The molecule has 0 aliphatic rings. The van der Waals surface area contributed by atoms with Crippen LogP contribution in [0.25, 0.3) is 0 Å². The molecule has 110 valence electrons. The molecule has 1 unspecified atom stereocenters. The number of nitrogens with one attached hydrogen (secondary N) is 1. The van der Waals surface area contributed by atoms with Crippen LogP contribution in [0.5, 0.6) is 0 Å². The van der Waals surface area contributed by atoms with Crippen LogP contribution in [0.1, 0.15) is 28.3 Å². The fourth-order valence-electron chi connectivity index (χ4n) is 2.25. The number of hydrogen-bond acceptors (Lipinski definition) is 3. The van der Waals surface area contributed by atoms with E-state index in [2.05, 4.69) is 10.1 Å². The molecule has 0 radical (unpaired) electrons. The number of amides is 1. The summed E-state index contributed by atoms with van der Waals surface area (Å²) >= 11 is 0. The summed E-state index contributed by atoms with van der Waals surface area (Å²) in [6.45, 7) is 3.99. The lowest BCUT2D eigenvalue weighted by molar-refractivity contribution is 0.187. The number of aryl methyl sites for hydroxylation is 2. The van der Waals surface area contributed by atoms with E-state index < -0.39 is 6.09 Å². The smallest absolute Gasteiger partial charge is 0.411 e. The number of rotatable bonds is 3. The minimum Gasteiger partial charge on any atom is -0.453 e. The Morgan fingerprint density at radius 2 is 1.86 bits per heavy atom. The molecule has 0 spiro atoms. The molecule has 0 aromatic heterocycles. The Kier molecular flexibility index (Phi) is 4.60. The predicted molar refractivity (Wildman–Crippen MR) is 84.4 cm³/mol. The van der Waals surface area contributed by atoms with Crippen LogP contribution in [0, 0.1) is 13.8 Å². The van der Waals surface area contributed by atoms with E-state index in [-0.39, 0.29) is 6.04 Å². The summed E-state index contributed by atoms with van der Waals surface area (Å²) in [4.78, 5) is 11.5. The molecule has 0 fully saturated rings. The van der Waals surface area contributed by atoms with Crippen molar-refractivity contribution in [2.75, 3.05) is 12.4 Å². The van der Waals surface area contributed by atoms with E-state index in [1.54, 1.807) is 0 Å². The molecule has 0 aliphatic heterocycles. The van der Waals surface area contributed by atoms with Gasteiger partial charge in [0.25, 0.3) is 0 Å². The van der Waals surface area contributed by atoms with Crippen LogP contribution in [-0.4, -0.2) is 13.2 Å². The van der Waals surface area contributed by atoms with Gasteiger partial charge >= 0.3 is 6.09 Å². The highest BCUT2D eigenvalue weighted by Gasteiger charge is 2.15. The first kappa shape index (κ1) is 15.1. The quantitative estimate of drug-likeness (QED) is 0.906. The molecular formula is C17H20N2O2. The lowest BCUT2D eigenvalue weighted by Crippen LogP contribution is -2.18. The molecular weight excluding hydrogens is 264 g/mol. The van der Waals surface area contributed by atoms with Gasteiger partial charge in [0.05, 0.1) is 13.2 Å². The van der Waals surface area contributed by atoms with E-state index in [0.717, 1.165) is 22.3 Å². The summed E-state index contributed by atoms with van der Waals surface area (Å²) in [5, 5.41) is 2.73. The third-order valence-corrected chi connectivity index (χ3v) is 3.37. The number of carbonyl (C=O) groups is 1. The highest BCUT2D eigenvalue weighted by atomic mass is 16.5. The van der Waals surface area contributed by atoms with Crippen molar-refractivity contribution < 1.29 is 9.53 Å². The average Bonchev–Trinajstić information content (AvgIpc) is 2.46. The van der Waals surface area contributed by atoms with Crippen molar-refractivity contribution >= 4 is 11.8 Å². The zero-order valence-corrected chi connectivity index (χ0v) is 12.5. The van der Waals surface area contributed by atoms with Gasteiger partial charge in [0.15, 0.2) is 0 Å². The van der Waals surface area contributed by atoms with Crippen LogP contribution in [0.4, 0.5) is 10.5 Å². The Morgan fingerprint density at radius 1 is 1.14 bits per heavy atom. The molecule has 0 aliphatic carbocycles. The van der Waals surface area contributed by atoms with Gasteiger partial charge in [-0.2, -0.15) is 0 Å². The lowest BCUT2D eigenvalue weighted by Gasteiger charge is -2.18. The van der Waals surface area contributed by atoms with E-state index in [1.165, 1.54) is 7.11 Å². The maximum Gasteiger partial charge on any atom is 0.411 e. The van der Waals surface area contributed by atoms with Gasteiger partial charge in [-0.05, 0) is 36.6 Å². The van der Waals surface area contributed by atoms with E-state index in [1.807, 2.05) is 56.3 Å². The average molecular weight is 284 g/mol. The highest BCUT2D eigenvalue weighted by Crippen LogP contribution is 2.28. The molecule has 0 heterocycles. The summed E-state index contributed by atoms with van der Waals surface area (Å²) in [6.07, 6.45) is -0.502. The van der Waals surface area contributed by atoms with E-state index in [0.29, 0.717) is 5.69 Å². The fraction of sp³-hybridized carbons (Fsp3) is 0.235. The third kappa shape index (κ3) is 3.61. The topological polar surface area (TPSA) is 64.3 Å². The summed E-state index contributed by atoms with van der Waals surface area (Å²) in [5.41, 5.74) is 11.1. The van der Waals surface area contributed by atoms with Crippen molar-refractivity contribution in [2.24, 2.45) is 5.73 Å². The minimum atomic E-state index is -0.502. The molecule has 4 heteroatoms. The first-order valence-electron chi connectivity index (χ1n) is 6.79. The molecule has 3 N–H and O–H groups in total. The summed E-state index contributed by atoms with van der Waals surface area (Å²) in [5.74, 6) is 0. The second-order valence-electron chi connectivity index (χ2n) is 5.10. The molecule has 2 aromatic rings. The van der Waals surface area contributed by atoms with Crippen molar-refractivity contribution in [3.63, 3.8) is 0 Å². The monoisotopic (exact) mass is 284 g/mol. The van der Waals surface area contributed by atoms with Gasteiger partial charge in [0, 0.05) is 5.69 Å². The number of anilines is 1. The van der Waals surface area contributed by atoms with Gasteiger partial charge in [-0.1, -0.05) is 42.0 Å². The Labute approximate surface area is 124 Å². The van der Waals surface area contributed by atoms with Crippen molar-refractivity contribution in [3.05, 3.63) is 64.7 Å². The predicted octanol–water partition coefficient (Wildman–Crippen LogP) is 3.53. The van der Waals surface area contributed by atoms with Crippen molar-refractivity contribution in [2.45, 2.75) is 19.9 Å². The maximum atomic E-state index is 11.5. The first-order valence-corrected chi connectivity index (χ1v) is 6.79. The standard InChI is InChI=1S/C17H20N2O2/c1-11-5-4-6-13(9-11)16(18)14-8-7-12(2)10-15(14)19-17(20)21-3/h4-10,16H,18H2,1-3H3,(H,19,20). The summed E-state index contributed by atoms with van der Waals surface area (Å²) in [6, 6.07) is 13.5. The number of hydrogen-bond donors (Lipinski definition) is 2. The number of ether oxygens (including phenoxy) is 1. The van der Waals surface area contributed by atoms with Crippen molar-refractivity contribution in [1.29, 1.82) is 0 Å². The molecule has 2 rings (SSSR count). The zero-order valence-electron chi connectivity index (χ0n) is 12.5. The molecule has 0 bridgehead atoms. The third-order valence-electron chi connectivity index (χ3n) is 3.37. The maximum absolute atomic E-state index is 11.5. The molecule has 0 saturated carbocycles. The molecule has 0 saturated heterocycles. The Balaban J connectivity index is 2.40. The van der Waals surface area contributed by atoms with Crippen LogP contribution in [0.2, 0.25) is 0 Å². The van der Waals surface area contributed by atoms with Crippen LogP contribution in [0.3, 0.4) is 0 Å². The van der Waals surface area contributed by atoms with Gasteiger partial charge < -0.3 is 10.5 Å². The summed E-state index contributed by atoms with van der Waals surface area (Å²) < 4.78 is 4.66. The second kappa shape index (κ2) is 6.41. The fourth-order valence-corrected chi connectivity index (χ4v) is 2.25. The van der Waals surface area contributed by atoms with Gasteiger partial charge in [0.1, 0.15) is 0 Å². The van der Waals surface area contributed by atoms with Crippen LogP contribution >= 0.6 is 0 Å². The molecule has 4 nitrogen and oxygen atoms in total. The normalized spacial score (nSPS) is 11.8. The van der Waals surface area contributed by atoms with Crippen molar-refractivity contribution in [3.8, 4) is 0 Å². The molecule has 1 atom stereocenters. The van der Waals surface area contributed by atoms with Gasteiger partial charge in [-0.3, -0.25) is 5.32 Å². The first-order chi connectivity index (χ1) is 10.0. The zero-order chi connectivity index (χ0) is 15.4.